The molecule has 1 saturated heterocycles. The summed E-state index contributed by atoms with van der Waals surface area (Å²) in [4.78, 5) is 2.08. The summed E-state index contributed by atoms with van der Waals surface area (Å²) in [6.07, 6.45) is 0.277. The fraction of sp³-hybridized carbons (Fsp3) is 1.00. The van der Waals surface area contributed by atoms with Crippen molar-refractivity contribution in [3.8, 4) is 0 Å². The Hall–Kier alpha value is -0.120. The summed E-state index contributed by atoms with van der Waals surface area (Å²) in [7, 11) is 4.05. The molecule has 1 atom stereocenters. The number of ether oxygens (including phenoxy) is 1. The fourth-order valence-electron chi connectivity index (χ4n) is 0.883. The van der Waals surface area contributed by atoms with Gasteiger partial charge in [-0.3, -0.25) is 4.90 Å². The van der Waals surface area contributed by atoms with E-state index in [0.29, 0.717) is 0 Å². The molecule has 1 N–H and O–H groups in total. The molecule has 1 heterocycles. The van der Waals surface area contributed by atoms with Crippen molar-refractivity contribution in [2.45, 2.75) is 6.23 Å². The molecule has 3 nitrogen and oxygen atoms in total. The SMILES string of the molecule is CN(C)C1CNCCO1. The lowest BCUT2D eigenvalue weighted by Crippen LogP contribution is -2.46. The van der Waals surface area contributed by atoms with E-state index in [1.807, 2.05) is 14.1 Å². The van der Waals surface area contributed by atoms with Crippen LogP contribution in [-0.2, 0) is 4.74 Å². The van der Waals surface area contributed by atoms with Crippen molar-refractivity contribution in [2.75, 3.05) is 33.8 Å². The van der Waals surface area contributed by atoms with Crippen molar-refractivity contribution in [2.24, 2.45) is 0 Å². The molecule has 1 fully saturated rings. The highest BCUT2D eigenvalue weighted by atomic mass is 16.5. The molecule has 1 rings (SSSR count). The predicted molar refractivity (Wildman–Crippen MR) is 36.3 cm³/mol. The first kappa shape index (κ1) is 6.99. The summed E-state index contributed by atoms with van der Waals surface area (Å²) in [5.74, 6) is 0. The van der Waals surface area contributed by atoms with Crippen LogP contribution in [0.3, 0.4) is 0 Å². The van der Waals surface area contributed by atoms with E-state index in [1.165, 1.54) is 0 Å². The topological polar surface area (TPSA) is 24.5 Å². The van der Waals surface area contributed by atoms with Crippen molar-refractivity contribution in [1.29, 1.82) is 0 Å². The zero-order valence-corrected chi connectivity index (χ0v) is 6.05. The maximum atomic E-state index is 5.40. The van der Waals surface area contributed by atoms with Gasteiger partial charge < -0.3 is 10.1 Å². The highest BCUT2D eigenvalue weighted by Crippen LogP contribution is 1.96. The molecule has 0 aromatic carbocycles. The predicted octanol–water partition coefficient (Wildman–Crippen LogP) is -0.506. The molecule has 0 radical (unpaired) electrons. The summed E-state index contributed by atoms with van der Waals surface area (Å²) >= 11 is 0. The van der Waals surface area contributed by atoms with Crippen molar-refractivity contribution in [3.05, 3.63) is 0 Å². The van der Waals surface area contributed by atoms with E-state index in [1.54, 1.807) is 0 Å². The molecule has 0 aromatic heterocycles. The monoisotopic (exact) mass is 130 g/mol. The zero-order chi connectivity index (χ0) is 6.69. The smallest absolute Gasteiger partial charge is 0.122 e. The second-order valence-corrected chi connectivity index (χ2v) is 2.49. The van der Waals surface area contributed by atoms with Crippen LogP contribution in [0.2, 0.25) is 0 Å². The summed E-state index contributed by atoms with van der Waals surface area (Å²) < 4.78 is 5.40. The number of likely N-dealkylation sites (N-methyl/N-ethyl adjacent to an activating group) is 1. The van der Waals surface area contributed by atoms with Crippen molar-refractivity contribution < 1.29 is 4.74 Å². The highest BCUT2D eigenvalue weighted by Gasteiger charge is 2.13. The van der Waals surface area contributed by atoms with E-state index in [-0.39, 0.29) is 6.23 Å². The molecule has 1 aliphatic rings. The quantitative estimate of drug-likeness (QED) is 0.517. The third kappa shape index (κ3) is 1.93. The van der Waals surface area contributed by atoms with Gasteiger partial charge in [0.2, 0.25) is 0 Å². The molecule has 1 aliphatic heterocycles. The Morgan fingerprint density at radius 1 is 1.56 bits per heavy atom. The molecule has 0 spiro atoms. The van der Waals surface area contributed by atoms with E-state index in [0.717, 1.165) is 19.7 Å². The molecule has 0 bridgehead atoms. The average molecular weight is 130 g/mol. The van der Waals surface area contributed by atoms with Crippen LogP contribution in [0.15, 0.2) is 0 Å². The van der Waals surface area contributed by atoms with E-state index >= 15 is 0 Å². The highest BCUT2D eigenvalue weighted by molar-refractivity contribution is 4.63. The number of nitrogens with one attached hydrogen (secondary N) is 1. The van der Waals surface area contributed by atoms with Gasteiger partial charge in [0, 0.05) is 13.1 Å². The van der Waals surface area contributed by atoms with Crippen LogP contribution in [0.4, 0.5) is 0 Å². The second-order valence-electron chi connectivity index (χ2n) is 2.49. The van der Waals surface area contributed by atoms with Gasteiger partial charge in [-0.25, -0.2) is 0 Å². The molecule has 54 valence electrons. The van der Waals surface area contributed by atoms with Crippen LogP contribution < -0.4 is 5.32 Å². The lowest BCUT2D eigenvalue weighted by Gasteiger charge is -2.28. The van der Waals surface area contributed by atoms with Gasteiger partial charge in [-0.1, -0.05) is 0 Å². The van der Waals surface area contributed by atoms with Gasteiger partial charge in [0.25, 0.3) is 0 Å². The third-order valence-electron chi connectivity index (χ3n) is 1.48. The van der Waals surface area contributed by atoms with Crippen molar-refractivity contribution >= 4 is 0 Å². The Bertz CT molecular complexity index is 79.1. The molecule has 3 heteroatoms. The Morgan fingerprint density at radius 2 is 2.33 bits per heavy atom. The fourth-order valence-corrected chi connectivity index (χ4v) is 0.883. The third-order valence-corrected chi connectivity index (χ3v) is 1.48. The molecule has 0 saturated carbocycles. The minimum absolute atomic E-state index is 0.277. The largest absolute Gasteiger partial charge is 0.360 e. The first-order valence-corrected chi connectivity index (χ1v) is 3.29. The average Bonchev–Trinajstić information content (AvgIpc) is 1.90. The lowest BCUT2D eigenvalue weighted by atomic mass is 10.4. The molecule has 9 heavy (non-hydrogen) atoms. The van der Waals surface area contributed by atoms with Gasteiger partial charge in [0.1, 0.15) is 6.23 Å². The van der Waals surface area contributed by atoms with Gasteiger partial charge in [0.05, 0.1) is 6.61 Å². The summed E-state index contributed by atoms with van der Waals surface area (Å²) in [6.45, 7) is 2.78. The summed E-state index contributed by atoms with van der Waals surface area (Å²) in [6, 6.07) is 0. The maximum absolute atomic E-state index is 5.40. The Balaban J connectivity index is 2.23. The van der Waals surface area contributed by atoms with Crippen LogP contribution in [0, 0.1) is 0 Å². The van der Waals surface area contributed by atoms with Gasteiger partial charge in [-0.15, -0.1) is 0 Å². The maximum Gasteiger partial charge on any atom is 0.122 e. The molecule has 0 amide bonds. The standard InChI is InChI=1S/C6H14N2O/c1-8(2)6-5-7-3-4-9-6/h6-7H,3-5H2,1-2H3. The summed E-state index contributed by atoms with van der Waals surface area (Å²) in [5, 5.41) is 3.25. The molecule has 0 aromatic rings. The molecular weight excluding hydrogens is 116 g/mol. The van der Waals surface area contributed by atoms with E-state index in [4.69, 9.17) is 4.74 Å². The van der Waals surface area contributed by atoms with Crippen LogP contribution in [0.25, 0.3) is 0 Å². The van der Waals surface area contributed by atoms with Gasteiger partial charge in [0.15, 0.2) is 0 Å². The first-order valence-electron chi connectivity index (χ1n) is 3.29. The Morgan fingerprint density at radius 3 is 2.67 bits per heavy atom. The van der Waals surface area contributed by atoms with E-state index in [9.17, 15) is 0 Å². The van der Waals surface area contributed by atoms with E-state index in [2.05, 4.69) is 10.2 Å². The number of hydrogen-bond donors (Lipinski definition) is 1. The minimum Gasteiger partial charge on any atom is -0.360 e. The number of morpholine rings is 1. The van der Waals surface area contributed by atoms with Gasteiger partial charge in [-0.2, -0.15) is 0 Å². The van der Waals surface area contributed by atoms with Gasteiger partial charge in [-0.05, 0) is 14.1 Å². The molecule has 1 unspecified atom stereocenters. The van der Waals surface area contributed by atoms with E-state index < -0.39 is 0 Å². The summed E-state index contributed by atoms with van der Waals surface area (Å²) in [5.41, 5.74) is 0. The first-order chi connectivity index (χ1) is 4.30. The Labute approximate surface area is 56.0 Å². The van der Waals surface area contributed by atoms with Crippen LogP contribution in [0.1, 0.15) is 0 Å². The number of nitrogens with zero attached hydrogens (tertiary/aromatic N) is 1. The minimum atomic E-state index is 0.277. The van der Waals surface area contributed by atoms with Gasteiger partial charge >= 0.3 is 0 Å². The van der Waals surface area contributed by atoms with Crippen molar-refractivity contribution in [3.63, 3.8) is 0 Å². The van der Waals surface area contributed by atoms with Crippen molar-refractivity contribution in [1.82, 2.24) is 10.2 Å². The lowest BCUT2D eigenvalue weighted by molar-refractivity contribution is -0.0533. The number of rotatable bonds is 1. The number of hydrogen-bond acceptors (Lipinski definition) is 3. The van der Waals surface area contributed by atoms with Crippen LogP contribution >= 0.6 is 0 Å². The Kier molecular flexibility index (Phi) is 2.45. The van der Waals surface area contributed by atoms with Crippen LogP contribution in [-0.4, -0.2) is 44.9 Å². The second kappa shape index (κ2) is 3.15. The molecule has 0 aliphatic carbocycles. The zero-order valence-electron chi connectivity index (χ0n) is 6.05. The van der Waals surface area contributed by atoms with Crippen LogP contribution in [0.5, 0.6) is 0 Å². The molecular formula is C6H14N2O. The normalized spacial score (nSPS) is 29.0.